The van der Waals surface area contributed by atoms with Crippen molar-refractivity contribution in [3.63, 3.8) is 0 Å². The minimum atomic E-state index is -4.44. The van der Waals surface area contributed by atoms with Gasteiger partial charge in [0.1, 0.15) is 6.04 Å². The molecule has 2 atom stereocenters. The van der Waals surface area contributed by atoms with Crippen molar-refractivity contribution in [1.82, 2.24) is 20.1 Å². The van der Waals surface area contributed by atoms with Crippen LogP contribution in [0.15, 0.2) is 48.5 Å². The third-order valence-electron chi connectivity index (χ3n) is 7.01. The molecule has 2 aliphatic rings. The van der Waals surface area contributed by atoms with Gasteiger partial charge in [0.25, 0.3) is 5.91 Å². The molecule has 2 N–H and O–H groups in total. The van der Waals surface area contributed by atoms with Gasteiger partial charge in [-0.1, -0.05) is 30.3 Å². The minimum Gasteiger partial charge on any atom is -0.356 e. The van der Waals surface area contributed by atoms with Crippen LogP contribution in [0.25, 0.3) is 10.9 Å². The van der Waals surface area contributed by atoms with E-state index in [1.807, 2.05) is 24.3 Å². The Bertz CT molecular complexity index is 1350. The number of hydrogen-bond donors (Lipinski definition) is 2. The number of alkyl halides is 3. The number of H-pyrrole nitrogens is 1. The molecule has 35 heavy (non-hydrogen) atoms. The molecular weight excluding hydrogens is 461 g/mol. The predicted octanol–water partition coefficient (Wildman–Crippen LogP) is 3.93. The van der Waals surface area contributed by atoms with Crippen LogP contribution >= 0.6 is 0 Å². The van der Waals surface area contributed by atoms with Crippen molar-refractivity contribution in [2.24, 2.45) is 0 Å². The van der Waals surface area contributed by atoms with Crippen LogP contribution in [0.4, 0.5) is 18.0 Å². The van der Waals surface area contributed by atoms with E-state index in [2.05, 4.69) is 10.3 Å². The van der Waals surface area contributed by atoms with Crippen LogP contribution in [-0.2, 0) is 34.3 Å². The molecule has 1 saturated heterocycles. The van der Waals surface area contributed by atoms with Gasteiger partial charge in [-0.2, -0.15) is 13.2 Å². The van der Waals surface area contributed by atoms with Gasteiger partial charge in [0.2, 0.25) is 5.91 Å². The SMILES string of the molecule is CC(C(=O)NCc1ccc(C(F)(F)F)cc1)N1C(=O)N2CCc3c([nH]c4ccccc34)C2(C)C1=O. The fraction of sp³-hybridized carbons (Fsp3) is 0.320. The molecule has 1 aromatic heterocycles. The highest BCUT2D eigenvalue weighted by molar-refractivity contribution is 6.10. The maximum absolute atomic E-state index is 13.6. The van der Waals surface area contributed by atoms with E-state index in [0.29, 0.717) is 24.2 Å². The topological polar surface area (TPSA) is 85.5 Å². The highest BCUT2D eigenvalue weighted by Crippen LogP contribution is 2.44. The second kappa shape index (κ2) is 7.86. The summed E-state index contributed by atoms with van der Waals surface area (Å²) in [6.45, 7) is 3.45. The van der Waals surface area contributed by atoms with Crippen molar-refractivity contribution in [1.29, 1.82) is 0 Å². The zero-order valence-corrected chi connectivity index (χ0v) is 19.1. The Kier molecular flexibility index (Phi) is 5.15. The van der Waals surface area contributed by atoms with Gasteiger partial charge in [-0.25, -0.2) is 9.69 Å². The normalized spacial score (nSPS) is 20.7. The number of para-hydroxylation sites is 1. The molecule has 4 amide bonds. The fourth-order valence-corrected chi connectivity index (χ4v) is 5.03. The summed E-state index contributed by atoms with van der Waals surface area (Å²) in [6.07, 6.45) is -3.86. The van der Waals surface area contributed by atoms with E-state index in [1.54, 1.807) is 6.92 Å². The molecule has 3 heterocycles. The number of halogens is 3. The molecular formula is C25H23F3N4O3. The van der Waals surface area contributed by atoms with Crippen LogP contribution < -0.4 is 5.32 Å². The Morgan fingerprint density at radius 3 is 2.51 bits per heavy atom. The first-order valence-corrected chi connectivity index (χ1v) is 11.2. The predicted molar refractivity (Wildman–Crippen MR) is 121 cm³/mol. The molecule has 0 saturated carbocycles. The number of imide groups is 1. The lowest BCUT2D eigenvalue weighted by molar-refractivity contribution is -0.139. The molecule has 0 spiro atoms. The number of aromatic nitrogens is 1. The zero-order valence-electron chi connectivity index (χ0n) is 19.1. The smallest absolute Gasteiger partial charge is 0.356 e. The number of aromatic amines is 1. The quantitative estimate of drug-likeness (QED) is 0.551. The summed E-state index contributed by atoms with van der Waals surface area (Å²) < 4.78 is 38.3. The standard InChI is InChI=1S/C25H23F3N4O3/c1-14(21(33)29-13-15-7-9-16(10-8-15)25(26,27)28)32-22(34)24(2)20-18(11-12-31(24)23(32)35)17-5-3-4-6-19(17)30-20/h3-10,14,30H,11-13H2,1-2H3,(H,29,33). The number of benzene rings is 2. The Morgan fingerprint density at radius 1 is 1.14 bits per heavy atom. The average Bonchev–Trinajstić information content (AvgIpc) is 3.30. The maximum Gasteiger partial charge on any atom is 0.416 e. The van der Waals surface area contributed by atoms with E-state index in [4.69, 9.17) is 0 Å². The van der Waals surface area contributed by atoms with Crippen molar-refractivity contribution >= 4 is 28.7 Å². The van der Waals surface area contributed by atoms with Crippen LogP contribution in [0, 0.1) is 0 Å². The molecule has 2 unspecified atom stereocenters. The minimum absolute atomic E-state index is 0.0370. The van der Waals surface area contributed by atoms with Crippen LogP contribution in [0.2, 0.25) is 0 Å². The number of nitrogens with one attached hydrogen (secondary N) is 2. The van der Waals surface area contributed by atoms with E-state index < -0.39 is 41.2 Å². The highest BCUT2D eigenvalue weighted by Gasteiger charge is 2.60. The molecule has 0 aliphatic carbocycles. The monoisotopic (exact) mass is 484 g/mol. The Hall–Kier alpha value is -3.82. The molecule has 7 nitrogen and oxygen atoms in total. The molecule has 0 radical (unpaired) electrons. The first-order chi connectivity index (χ1) is 16.5. The van der Waals surface area contributed by atoms with Crippen LogP contribution in [0.3, 0.4) is 0 Å². The number of fused-ring (bicyclic) bond motifs is 5. The van der Waals surface area contributed by atoms with Gasteiger partial charge in [-0.3, -0.25) is 9.59 Å². The van der Waals surface area contributed by atoms with Crippen molar-refractivity contribution in [3.05, 3.63) is 70.9 Å². The average molecular weight is 484 g/mol. The van der Waals surface area contributed by atoms with Crippen molar-refractivity contribution in [3.8, 4) is 0 Å². The Balaban J connectivity index is 1.35. The van der Waals surface area contributed by atoms with Crippen molar-refractivity contribution in [2.75, 3.05) is 6.54 Å². The van der Waals surface area contributed by atoms with Crippen molar-refractivity contribution in [2.45, 2.75) is 44.6 Å². The van der Waals surface area contributed by atoms with Gasteiger partial charge < -0.3 is 15.2 Å². The van der Waals surface area contributed by atoms with Gasteiger partial charge in [-0.15, -0.1) is 0 Å². The summed E-state index contributed by atoms with van der Waals surface area (Å²) in [7, 11) is 0. The number of carbonyl (C=O) groups excluding carboxylic acids is 3. The number of carbonyl (C=O) groups is 3. The lowest BCUT2D eigenvalue weighted by Crippen LogP contribution is -2.49. The molecule has 2 aromatic carbocycles. The first-order valence-electron chi connectivity index (χ1n) is 11.2. The maximum atomic E-state index is 13.6. The molecule has 182 valence electrons. The summed E-state index contributed by atoms with van der Waals surface area (Å²) in [4.78, 5) is 45.5. The summed E-state index contributed by atoms with van der Waals surface area (Å²) in [5.74, 6) is -1.07. The van der Waals surface area contributed by atoms with E-state index in [9.17, 15) is 27.6 Å². The summed E-state index contributed by atoms with van der Waals surface area (Å²) in [5, 5.41) is 3.62. The fourth-order valence-electron chi connectivity index (χ4n) is 5.03. The lowest BCUT2D eigenvalue weighted by Gasteiger charge is -2.36. The van der Waals surface area contributed by atoms with E-state index in [1.165, 1.54) is 24.0 Å². The second-order valence-electron chi connectivity index (χ2n) is 9.04. The molecule has 2 aliphatic heterocycles. The van der Waals surface area contributed by atoms with Gasteiger partial charge in [0.05, 0.1) is 11.3 Å². The van der Waals surface area contributed by atoms with Gasteiger partial charge >= 0.3 is 12.2 Å². The lowest BCUT2D eigenvalue weighted by atomic mass is 9.87. The first kappa shape index (κ1) is 22.9. The molecule has 1 fully saturated rings. The van der Waals surface area contributed by atoms with Crippen molar-refractivity contribution < 1.29 is 27.6 Å². The number of nitrogens with zero attached hydrogens (tertiary/aromatic N) is 2. The highest BCUT2D eigenvalue weighted by atomic mass is 19.4. The van der Waals surface area contributed by atoms with Gasteiger partial charge in [0.15, 0.2) is 5.54 Å². The summed E-state index contributed by atoms with van der Waals surface area (Å²) in [6, 6.07) is 10.5. The second-order valence-corrected chi connectivity index (χ2v) is 9.04. The number of urea groups is 1. The van der Waals surface area contributed by atoms with E-state index in [0.717, 1.165) is 33.5 Å². The third kappa shape index (κ3) is 3.46. The molecule has 10 heteroatoms. The number of hydrogen-bond acceptors (Lipinski definition) is 3. The number of rotatable bonds is 4. The largest absolute Gasteiger partial charge is 0.416 e. The van der Waals surface area contributed by atoms with Crippen LogP contribution in [0.5, 0.6) is 0 Å². The summed E-state index contributed by atoms with van der Waals surface area (Å²) in [5.41, 5.74) is 0.942. The van der Waals surface area contributed by atoms with Gasteiger partial charge in [0, 0.05) is 24.0 Å². The molecule has 5 rings (SSSR count). The van der Waals surface area contributed by atoms with Crippen LogP contribution in [-0.4, -0.2) is 45.2 Å². The van der Waals surface area contributed by atoms with E-state index in [-0.39, 0.29) is 6.54 Å². The van der Waals surface area contributed by atoms with Crippen LogP contribution in [0.1, 0.15) is 36.2 Å². The van der Waals surface area contributed by atoms with Gasteiger partial charge in [-0.05, 0) is 49.6 Å². The molecule has 3 aromatic rings. The Labute approximate surface area is 198 Å². The molecule has 0 bridgehead atoms. The third-order valence-corrected chi connectivity index (χ3v) is 7.01. The summed E-state index contributed by atoms with van der Waals surface area (Å²) >= 11 is 0. The zero-order chi connectivity index (χ0) is 25.1. The number of amides is 4. The van der Waals surface area contributed by atoms with E-state index >= 15 is 0 Å². The Morgan fingerprint density at radius 2 is 1.83 bits per heavy atom.